The Hall–Kier alpha value is -1.55. The lowest BCUT2D eigenvalue weighted by atomic mass is 9.89. The second-order valence-corrected chi connectivity index (χ2v) is 7.75. The minimum atomic E-state index is 0.202. The van der Waals surface area contributed by atoms with Gasteiger partial charge in [0.25, 0.3) is 0 Å². The molecular formula is C21H32N2O2. The van der Waals surface area contributed by atoms with E-state index in [1.54, 1.807) is 12.1 Å². The molecule has 1 saturated carbocycles. The van der Waals surface area contributed by atoms with Crippen molar-refractivity contribution >= 4 is 5.91 Å². The zero-order chi connectivity index (χ0) is 17.5. The maximum atomic E-state index is 12.4. The molecule has 1 aromatic rings. The zero-order valence-electron chi connectivity index (χ0n) is 15.3. The topological polar surface area (TPSA) is 52.6 Å². The highest BCUT2D eigenvalue weighted by atomic mass is 16.3. The lowest BCUT2D eigenvalue weighted by molar-refractivity contribution is -0.123. The molecule has 0 bridgehead atoms. The minimum absolute atomic E-state index is 0.202. The van der Waals surface area contributed by atoms with Crippen molar-refractivity contribution in [1.82, 2.24) is 10.2 Å². The Kier molecular flexibility index (Phi) is 6.74. The van der Waals surface area contributed by atoms with Crippen LogP contribution >= 0.6 is 0 Å². The van der Waals surface area contributed by atoms with E-state index in [1.807, 2.05) is 12.1 Å². The van der Waals surface area contributed by atoms with E-state index >= 15 is 0 Å². The lowest BCUT2D eigenvalue weighted by Gasteiger charge is -2.32. The van der Waals surface area contributed by atoms with E-state index in [0.29, 0.717) is 24.3 Å². The highest BCUT2D eigenvalue weighted by molar-refractivity contribution is 5.78. The monoisotopic (exact) mass is 344 g/mol. The Morgan fingerprint density at radius 2 is 1.56 bits per heavy atom. The molecule has 1 amide bonds. The van der Waals surface area contributed by atoms with Crippen LogP contribution in [0.25, 0.3) is 0 Å². The van der Waals surface area contributed by atoms with Crippen molar-refractivity contribution in [3.05, 3.63) is 29.8 Å². The molecule has 25 heavy (non-hydrogen) atoms. The molecule has 4 nitrogen and oxygen atoms in total. The van der Waals surface area contributed by atoms with Gasteiger partial charge in [-0.1, -0.05) is 44.2 Å². The molecule has 1 heterocycles. The molecule has 2 N–H and O–H groups in total. The molecule has 2 aliphatic rings. The third-order valence-electron chi connectivity index (χ3n) is 5.79. The summed E-state index contributed by atoms with van der Waals surface area (Å²) in [4.78, 5) is 14.7. The fourth-order valence-electron chi connectivity index (χ4n) is 4.25. The van der Waals surface area contributed by atoms with Crippen molar-refractivity contribution in [2.24, 2.45) is 0 Å². The first-order chi connectivity index (χ1) is 12.2. The summed E-state index contributed by atoms with van der Waals surface area (Å²) in [5.41, 5.74) is 1.30. The van der Waals surface area contributed by atoms with Crippen molar-refractivity contribution in [3.8, 4) is 5.75 Å². The summed E-state index contributed by atoms with van der Waals surface area (Å²) in [6.07, 6.45) is 11.0. The normalized spacial score (nSPS) is 21.4. The van der Waals surface area contributed by atoms with Gasteiger partial charge in [0.1, 0.15) is 5.75 Å². The summed E-state index contributed by atoms with van der Waals surface area (Å²) in [7, 11) is 0. The maximum Gasteiger partial charge on any atom is 0.234 e. The average molecular weight is 344 g/mol. The van der Waals surface area contributed by atoms with Gasteiger partial charge in [0.2, 0.25) is 5.91 Å². The number of aromatic hydroxyl groups is 1. The van der Waals surface area contributed by atoms with Gasteiger partial charge in [0.05, 0.1) is 6.54 Å². The van der Waals surface area contributed by atoms with Gasteiger partial charge in [-0.15, -0.1) is 0 Å². The highest BCUT2D eigenvalue weighted by Crippen LogP contribution is 2.28. The summed E-state index contributed by atoms with van der Waals surface area (Å²) < 4.78 is 0. The van der Waals surface area contributed by atoms with Crippen LogP contribution < -0.4 is 5.32 Å². The number of phenolic OH excluding ortho intramolecular Hbond substituents is 1. The van der Waals surface area contributed by atoms with Gasteiger partial charge in [0, 0.05) is 6.04 Å². The van der Waals surface area contributed by atoms with E-state index in [-0.39, 0.29) is 5.91 Å². The quantitative estimate of drug-likeness (QED) is 0.873. The van der Waals surface area contributed by atoms with E-state index in [4.69, 9.17) is 0 Å². The minimum Gasteiger partial charge on any atom is -0.508 e. The first-order valence-corrected chi connectivity index (χ1v) is 10.0. The van der Waals surface area contributed by atoms with E-state index < -0.39 is 0 Å². The van der Waals surface area contributed by atoms with E-state index in [2.05, 4.69) is 10.2 Å². The summed E-state index contributed by atoms with van der Waals surface area (Å²) in [5, 5.41) is 12.7. The van der Waals surface area contributed by atoms with E-state index in [0.717, 1.165) is 38.8 Å². The Labute approximate surface area is 151 Å². The third kappa shape index (κ3) is 5.74. The number of likely N-dealkylation sites (tertiary alicyclic amines) is 1. The SMILES string of the molecule is O=C(CN1CCC(c2ccc(O)cc2)CC1)NC1CCCCCCC1. The first-order valence-electron chi connectivity index (χ1n) is 10.0. The standard InChI is InChI=1S/C21H32N2O2/c24-20-10-8-17(9-11-20)18-12-14-23(15-13-18)16-21(25)22-19-6-4-2-1-3-5-7-19/h8-11,18-19,24H,1-7,12-16H2,(H,22,25). The number of rotatable bonds is 4. The fraction of sp³-hybridized carbons (Fsp3) is 0.667. The molecule has 1 saturated heterocycles. The molecule has 138 valence electrons. The predicted molar refractivity (Wildman–Crippen MR) is 101 cm³/mol. The summed E-state index contributed by atoms with van der Waals surface area (Å²) in [6.45, 7) is 2.49. The van der Waals surface area contributed by atoms with Crippen LogP contribution in [-0.4, -0.2) is 41.6 Å². The van der Waals surface area contributed by atoms with Crippen LogP contribution in [0.3, 0.4) is 0 Å². The number of carbonyl (C=O) groups excluding carboxylic acids is 1. The Bertz CT molecular complexity index is 527. The van der Waals surface area contributed by atoms with Gasteiger partial charge < -0.3 is 10.4 Å². The number of nitrogens with one attached hydrogen (secondary N) is 1. The molecular weight excluding hydrogens is 312 g/mol. The molecule has 1 aliphatic carbocycles. The third-order valence-corrected chi connectivity index (χ3v) is 5.79. The second-order valence-electron chi connectivity index (χ2n) is 7.75. The molecule has 1 aliphatic heterocycles. The highest BCUT2D eigenvalue weighted by Gasteiger charge is 2.23. The Balaban J connectivity index is 1.40. The smallest absolute Gasteiger partial charge is 0.234 e. The van der Waals surface area contributed by atoms with Crippen molar-refractivity contribution in [2.45, 2.75) is 69.7 Å². The van der Waals surface area contributed by atoms with Crippen LogP contribution in [0, 0.1) is 0 Å². The summed E-state index contributed by atoms with van der Waals surface area (Å²) >= 11 is 0. The summed E-state index contributed by atoms with van der Waals surface area (Å²) in [6, 6.07) is 7.98. The fourth-order valence-corrected chi connectivity index (χ4v) is 4.25. The molecule has 0 aromatic heterocycles. The number of piperidine rings is 1. The maximum absolute atomic E-state index is 12.4. The zero-order valence-corrected chi connectivity index (χ0v) is 15.3. The lowest BCUT2D eigenvalue weighted by Crippen LogP contribution is -2.44. The van der Waals surface area contributed by atoms with E-state index in [9.17, 15) is 9.90 Å². The van der Waals surface area contributed by atoms with Crippen LogP contribution in [0.15, 0.2) is 24.3 Å². The summed E-state index contributed by atoms with van der Waals surface area (Å²) in [5.74, 6) is 1.08. The van der Waals surface area contributed by atoms with Crippen LogP contribution in [-0.2, 0) is 4.79 Å². The molecule has 4 heteroatoms. The van der Waals surface area contributed by atoms with E-state index in [1.165, 1.54) is 37.7 Å². The van der Waals surface area contributed by atoms with Gasteiger partial charge in [0.15, 0.2) is 0 Å². The Morgan fingerprint density at radius 3 is 2.20 bits per heavy atom. The molecule has 0 atom stereocenters. The molecule has 3 rings (SSSR count). The number of hydrogen-bond acceptors (Lipinski definition) is 3. The molecule has 0 radical (unpaired) electrons. The van der Waals surface area contributed by atoms with Crippen LogP contribution in [0.5, 0.6) is 5.75 Å². The number of benzene rings is 1. The number of phenols is 1. The van der Waals surface area contributed by atoms with Crippen molar-refractivity contribution in [1.29, 1.82) is 0 Å². The average Bonchev–Trinajstić information content (AvgIpc) is 2.59. The van der Waals surface area contributed by atoms with Crippen LogP contribution in [0.2, 0.25) is 0 Å². The van der Waals surface area contributed by atoms with Crippen molar-refractivity contribution in [3.63, 3.8) is 0 Å². The van der Waals surface area contributed by atoms with Gasteiger partial charge in [-0.3, -0.25) is 9.69 Å². The molecule has 0 unspecified atom stereocenters. The van der Waals surface area contributed by atoms with Gasteiger partial charge in [-0.25, -0.2) is 0 Å². The largest absolute Gasteiger partial charge is 0.508 e. The Morgan fingerprint density at radius 1 is 0.960 bits per heavy atom. The number of carbonyl (C=O) groups is 1. The molecule has 0 spiro atoms. The predicted octanol–water partition coefficient (Wildman–Crippen LogP) is 3.80. The van der Waals surface area contributed by atoms with Gasteiger partial charge in [-0.05, 0) is 62.4 Å². The first kappa shape index (κ1) is 18.2. The number of amides is 1. The number of hydrogen-bond donors (Lipinski definition) is 2. The van der Waals surface area contributed by atoms with Crippen molar-refractivity contribution in [2.75, 3.05) is 19.6 Å². The number of nitrogens with zero attached hydrogens (tertiary/aromatic N) is 1. The molecule has 2 fully saturated rings. The van der Waals surface area contributed by atoms with Gasteiger partial charge >= 0.3 is 0 Å². The second kappa shape index (κ2) is 9.23. The molecule has 1 aromatic carbocycles. The van der Waals surface area contributed by atoms with Crippen molar-refractivity contribution < 1.29 is 9.90 Å². The van der Waals surface area contributed by atoms with Crippen LogP contribution in [0.1, 0.15) is 69.3 Å². The van der Waals surface area contributed by atoms with Gasteiger partial charge in [-0.2, -0.15) is 0 Å². The van der Waals surface area contributed by atoms with Crippen LogP contribution in [0.4, 0.5) is 0 Å².